The quantitative estimate of drug-likeness (QED) is 0.366. The second-order valence-electron chi connectivity index (χ2n) is 7.42. The van der Waals surface area contributed by atoms with Crippen molar-refractivity contribution in [2.24, 2.45) is 4.99 Å². The second kappa shape index (κ2) is 7.72. The molecule has 0 saturated carbocycles. The van der Waals surface area contributed by atoms with E-state index in [1.807, 2.05) is 31.2 Å². The van der Waals surface area contributed by atoms with Gasteiger partial charge in [0.15, 0.2) is 10.1 Å². The highest BCUT2D eigenvalue weighted by atomic mass is 32.2. The molecule has 0 radical (unpaired) electrons. The van der Waals surface area contributed by atoms with Crippen LogP contribution in [-0.2, 0) is 19.7 Å². The molecule has 7 nitrogen and oxygen atoms in total. The molecule has 0 unspecified atom stereocenters. The van der Waals surface area contributed by atoms with Crippen LogP contribution in [0.2, 0.25) is 0 Å². The number of aryl methyl sites for hydroxylation is 1. The maximum atomic E-state index is 13.6. The Hall–Kier alpha value is -3.69. The zero-order chi connectivity index (χ0) is 23.2. The highest BCUT2D eigenvalue weighted by Crippen LogP contribution is 2.39. The molecule has 2 heterocycles. The minimum absolute atomic E-state index is 0.00696. The van der Waals surface area contributed by atoms with E-state index in [9.17, 15) is 16.8 Å². The van der Waals surface area contributed by atoms with E-state index in [-0.39, 0.29) is 15.5 Å². The fraction of sp³-hybridized carbons (Fsp3) is 0.0417. The number of rotatable bonds is 3. The molecule has 1 aliphatic heterocycles. The fourth-order valence-electron chi connectivity index (χ4n) is 3.76. The molecule has 33 heavy (non-hydrogen) atoms. The van der Waals surface area contributed by atoms with Crippen LogP contribution in [0.25, 0.3) is 0 Å². The smallest absolute Gasteiger partial charge is 0.226 e. The Morgan fingerprint density at radius 2 is 1.39 bits per heavy atom. The van der Waals surface area contributed by atoms with Gasteiger partial charge in [0.25, 0.3) is 0 Å². The first-order valence-corrected chi connectivity index (χ1v) is 12.9. The van der Waals surface area contributed by atoms with Gasteiger partial charge in [-0.05, 0) is 30.7 Å². The van der Waals surface area contributed by atoms with Gasteiger partial charge in [-0.3, -0.25) is 0 Å². The number of sulfone groups is 2. The average molecular weight is 476 g/mol. The molecule has 0 amide bonds. The molecule has 5 rings (SSSR count). The van der Waals surface area contributed by atoms with Gasteiger partial charge >= 0.3 is 0 Å². The lowest BCUT2D eigenvalue weighted by atomic mass is 9.98. The Kier molecular flexibility index (Phi) is 4.95. The van der Waals surface area contributed by atoms with Crippen molar-refractivity contribution in [1.82, 2.24) is 9.97 Å². The number of fused-ring (bicyclic) bond motifs is 2. The number of aliphatic imine (C=N–C) groups is 1. The molecule has 0 atom stereocenters. The fourth-order valence-corrected chi connectivity index (χ4v) is 6.65. The molecule has 1 aromatic heterocycles. The Morgan fingerprint density at radius 1 is 0.758 bits per heavy atom. The maximum Gasteiger partial charge on any atom is 0.226 e. The summed E-state index contributed by atoms with van der Waals surface area (Å²) >= 11 is 0. The van der Waals surface area contributed by atoms with E-state index in [2.05, 4.69) is 15.0 Å². The molecule has 0 N–H and O–H groups in total. The van der Waals surface area contributed by atoms with Crippen LogP contribution in [0.15, 0.2) is 110 Å². The first-order chi connectivity index (χ1) is 15.8. The van der Waals surface area contributed by atoms with Crippen molar-refractivity contribution in [1.29, 1.82) is 0 Å². The van der Waals surface area contributed by atoms with E-state index in [1.54, 1.807) is 36.4 Å². The van der Waals surface area contributed by atoms with Gasteiger partial charge in [0.2, 0.25) is 19.7 Å². The Morgan fingerprint density at radius 3 is 2.12 bits per heavy atom. The zero-order valence-electron chi connectivity index (χ0n) is 17.4. The Bertz CT molecular complexity index is 1650. The summed E-state index contributed by atoms with van der Waals surface area (Å²) in [7, 11) is -8.36. The van der Waals surface area contributed by atoms with Crippen molar-refractivity contribution in [2.45, 2.75) is 26.8 Å². The summed E-state index contributed by atoms with van der Waals surface area (Å²) in [6.45, 7) is 1.88. The topological polar surface area (TPSA) is 106 Å². The van der Waals surface area contributed by atoms with Crippen LogP contribution in [-0.4, -0.2) is 32.5 Å². The summed E-state index contributed by atoms with van der Waals surface area (Å²) in [5.41, 5.74) is 1.95. The largest absolute Gasteiger partial charge is 0.242 e. The molecule has 0 aliphatic carbocycles. The van der Waals surface area contributed by atoms with Gasteiger partial charge < -0.3 is 0 Å². The van der Waals surface area contributed by atoms with Crippen LogP contribution in [0.1, 0.15) is 16.7 Å². The molecule has 3 aromatic carbocycles. The summed E-state index contributed by atoms with van der Waals surface area (Å²) in [6.07, 6.45) is 0.948. The minimum atomic E-state index is -4.19. The highest BCUT2D eigenvalue weighted by Gasteiger charge is 2.36. The predicted octanol–water partition coefficient (Wildman–Crippen LogP) is 3.93. The van der Waals surface area contributed by atoms with E-state index in [0.717, 1.165) is 11.9 Å². The lowest BCUT2D eigenvalue weighted by Gasteiger charge is -2.11. The van der Waals surface area contributed by atoms with Gasteiger partial charge in [-0.1, -0.05) is 60.7 Å². The third kappa shape index (κ3) is 3.37. The number of aromatic nitrogens is 2. The standard InChI is InChI=1S/C24H17N3O4S2/c1-16-9-5-6-12-18(16)21-19-13-7-8-14-20(19)33(30,31)24-22(27-21)23(25-15-26-24)32(28,29)17-10-3-2-4-11-17/h2-15H,1H3. The lowest BCUT2D eigenvalue weighted by molar-refractivity contribution is 0.587. The molecule has 164 valence electrons. The van der Waals surface area contributed by atoms with Crippen molar-refractivity contribution in [3.63, 3.8) is 0 Å². The van der Waals surface area contributed by atoms with Gasteiger partial charge in [0.05, 0.1) is 15.5 Å². The number of benzene rings is 3. The summed E-state index contributed by atoms with van der Waals surface area (Å²) in [5, 5.41) is -0.899. The van der Waals surface area contributed by atoms with Gasteiger partial charge in [0, 0.05) is 11.1 Å². The molecule has 4 aromatic rings. The third-order valence-electron chi connectivity index (χ3n) is 5.37. The molecule has 0 fully saturated rings. The Labute approximate surface area is 191 Å². The normalized spacial score (nSPS) is 14.5. The summed E-state index contributed by atoms with van der Waals surface area (Å²) in [5.74, 6) is 0. The molecular weight excluding hydrogens is 458 g/mol. The molecule has 0 spiro atoms. The van der Waals surface area contributed by atoms with Crippen LogP contribution < -0.4 is 0 Å². The molecule has 9 heteroatoms. The molecule has 1 aliphatic rings. The Balaban J connectivity index is 1.92. The first kappa shape index (κ1) is 21.2. The van der Waals surface area contributed by atoms with Gasteiger partial charge in [-0.15, -0.1) is 0 Å². The number of hydrogen-bond acceptors (Lipinski definition) is 7. The summed E-state index contributed by atoms with van der Waals surface area (Å²) < 4.78 is 54.2. The molecule has 0 saturated heterocycles. The SMILES string of the molecule is Cc1ccccc1C1=Nc2c(S(=O)(=O)c3ccccc3)ncnc2S(=O)(=O)c2ccccc21. The van der Waals surface area contributed by atoms with E-state index in [4.69, 9.17) is 0 Å². The van der Waals surface area contributed by atoms with Crippen LogP contribution in [0.4, 0.5) is 5.69 Å². The van der Waals surface area contributed by atoms with Crippen molar-refractivity contribution >= 4 is 31.1 Å². The van der Waals surface area contributed by atoms with Crippen molar-refractivity contribution in [2.75, 3.05) is 0 Å². The van der Waals surface area contributed by atoms with E-state index in [1.165, 1.54) is 18.2 Å². The van der Waals surface area contributed by atoms with Gasteiger partial charge in [0.1, 0.15) is 12.0 Å². The van der Waals surface area contributed by atoms with Crippen LogP contribution in [0.5, 0.6) is 0 Å². The molecule has 0 bridgehead atoms. The van der Waals surface area contributed by atoms with Crippen molar-refractivity contribution in [3.8, 4) is 0 Å². The number of hydrogen-bond donors (Lipinski definition) is 0. The average Bonchev–Trinajstić information content (AvgIpc) is 2.92. The molecular formula is C24H17N3O4S2. The third-order valence-corrected chi connectivity index (χ3v) is 8.82. The minimum Gasteiger partial charge on any atom is -0.242 e. The van der Waals surface area contributed by atoms with E-state index >= 15 is 0 Å². The first-order valence-electron chi connectivity index (χ1n) is 9.96. The predicted molar refractivity (Wildman–Crippen MR) is 122 cm³/mol. The van der Waals surface area contributed by atoms with Crippen molar-refractivity contribution < 1.29 is 16.8 Å². The van der Waals surface area contributed by atoms with Gasteiger partial charge in [-0.2, -0.15) is 0 Å². The second-order valence-corrected chi connectivity index (χ2v) is 11.1. The van der Waals surface area contributed by atoms with E-state index in [0.29, 0.717) is 16.8 Å². The summed E-state index contributed by atoms with van der Waals surface area (Å²) in [6, 6.07) is 21.5. The van der Waals surface area contributed by atoms with Gasteiger partial charge in [-0.25, -0.2) is 31.8 Å². The lowest BCUT2D eigenvalue weighted by Crippen LogP contribution is -2.11. The van der Waals surface area contributed by atoms with Crippen LogP contribution >= 0.6 is 0 Å². The number of nitrogens with zero attached hydrogens (tertiary/aromatic N) is 3. The summed E-state index contributed by atoms with van der Waals surface area (Å²) in [4.78, 5) is 12.6. The monoisotopic (exact) mass is 475 g/mol. The maximum absolute atomic E-state index is 13.6. The highest BCUT2D eigenvalue weighted by molar-refractivity contribution is 7.92. The zero-order valence-corrected chi connectivity index (χ0v) is 19.0. The van der Waals surface area contributed by atoms with Crippen LogP contribution in [0.3, 0.4) is 0 Å². The van der Waals surface area contributed by atoms with E-state index < -0.39 is 29.7 Å². The van der Waals surface area contributed by atoms with Crippen molar-refractivity contribution in [3.05, 3.63) is 102 Å². The van der Waals surface area contributed by atoms with Crippen LogP contribution in [0, 0.1) is 6.92 Å².